The van der Waals surface area contributed by atoms with Crippen LogP contribution in [0.15, 0.2) is 54.6 Å². The summed E-state index contributed by atoms with van der Waals surface area (Å²) in [5.41, 5.74) is 1.42. The van der Waals surface area contributed by atoms with E-state index in [1.807, 2.05) is 30.3 Å². The first kappa shape index (κ1) is 13.8. The second kappa shape index (κ2) is 6.52. The van der Waals surface area contributed by atoms with Crippen molar-refractivity contribution in [3.8, 4) is 5.75 Å². The highest BCUT2D eigenvalue weighted by Gasteiger charge is 2.04. The first-order valence-corrected chi connectivity index (χ1v) is 6.02. The van der Waals surface area contributed by atoms with Crippen molar-refractivity contribution in [2.45, 2.75) is 6.61 Å². The second-order valence-electron chi connectivity index (χ2n) is 4.14. The van der Waals surface area contributed by atoms with E-state index >= 15 is 0 Å². The lowest BCUT2D eigenvalue weighted by molar-refractivity contribution is -0.131. The summed E-state index contributed by atoms with van der Waals surface area (Å²) >= 11 is 0. The van der Waals surface area contributed by atoms with E-state index in [0.29, 0.717) is 5.56 Å². The van der Waals surface area contributed by atoms with Gasteiger partial charge in [0.15, 0.2) is 11.6 Å². The van der Waals surface area contributed by atoms with E-state index in [1.54, 1.807) is 6.07 Å². The summed E-state index contributed by atoms with van der Waals surface area (Å²) in [7, 11) is 0. The molecule has 20 heavy (non-hydrogen) atoms. The topological polar surface area (TPSA) is 46.5 Å². The molecule has 0 bridgehead atoms. The summed E-state index contributed by atoms with van der Waals surface area (Å²) in [6.07, 6.45) is 2.28. The molecule has 2 aromatic carbocycles. The van der Waals surface area contributed by atoms with Gasteiger partial charge in [0.1, 0.15) is 6.61 Å². The van der Waals surface area contributed by atoms with Gasteiger partial charge in [0.05, 0.1) is 0 Å². The fourth-order valence-corrected chi connectivity index (χ4v) is 1.64. The Bertz CT molecular complexity index is 621. The van der Waals surface area contributed by atoms with Crippen LogP contribution in [0.25, 0.3) is 6.08 Å². The molecule has 2 rings (SSSR count). The fraction of sp³-hybridized carbons (Fsp3) is 0.0625. The molecule has 0 spiro atoms. The number of carboxylic acid groups (broad SMARTS) is 1. The molecule has 0 heterocycles. The van der Waals surface area contributed by atoms with Crippen LogP contribution in [-0.4, -0.2) is 11.1 Å². The van der Waals surface area contributed by atoms with Crippen LogP contribution in [-0.2, 0) is 11.4 Å². The molecule has 0 amide bonds. The molecule has 0 aliphatic rings. The average Bonchev–Trinajstić information content (AvgIpc) is 2.45. The molecule has 2 aromatic rings. The standard InChI is InChI=1S/C16H13FO3/c17-14-10-12(7-9-16(18)19)6-8-15(14)20-11-13-4-2-1-3-5-13/h1-10H,11H2,(H,18,19). The van der Waals surface area contributed by atoms with E-state index < -0.39 is 11.8 Å². The smallest absolute Gasteiger partial charge is 0.328 e. The van der Waals surface area contributed by atoms with Gasteiger partial charge < -0.3 is 9.84 Å². The maximum Gasteiger partial charge on any atom is 0.328 e. The van der Waals surface area contributed by atoms with Crippen LogP contribution in [0.3, 0.4) is 0 Å². The number of ether oxygens (including phenoxy) is 1. The van der Waals surface area contributed by atoms with Gasteiger partial charge in [-0.15, -0.1) is 0 Å². The SMILES string of the molecule is O=C(O)C=Cc1ccc(OCc2ccccc2)c(F)c1. The lowest BCUT2D eigenvalue weighted by atomic mass is 10.2. The maximum absolute atomic E-state index is 13.8. The van der Waals surface area contributed by atoms with Gasteiger partial charge in [0.25, 0.3) is 0 Å². The van der Waals surface area contributed by atoms with Gasteiger partial charge in [0, 0.05) is 6.08 Å². The van der Waals surface area contributed by atoms with Crippen LogP contribution in [0.1, 0.15) is 11.1 Å². The highest BCUT2D eigenvalue weighted by Crippen LogP contribution is 2.20. The largest absolute Gasteiger partial charge is 0.486 e. The zero-order valence-electron chi connectivity index (χ0n) is 10.6. The molecule has 0 saturated heterocycles. The molecule has 0 aliphatic carbocycles. The Hall–Kier alpha value is -2.62. The van der Waals surface area contributed by atoms with E-state index in [2.05, 4.69) is 0 Å². The summed E-state index contributed by atoms with van der Waals surface area (Å²) in [6, 6.07) is 13.8. The van der Waals surface area contributed by atoms with Crippen molar-refractivity contribution in [1.29, 1.82) is 0 Å². The van der Waals surface area contributed by atoms with E-state index in [1.165, 1.54) is 18.2 Å². The summed E-state index contributed by atoms with van der Waals surface area (Å²) in [5.74, 6) is -1.45. The van der Waals surface area contributed by atoms with Gasteiger partial charge in [0.2, 0.25) is 0 Å². The molecule has 0 unspecified atom stereocenters. The number of halogens is 1. The minimum absolute atomic E-state index is 0.140. The normalized spacial score (nSPS) is 10.7. The van der Waals surface area contributed by atoms with E-state index in [0.717, 1.165) is 11.6 Å². The molecule has 102 valence electrons. The van der Waals surface area contributed by atoms with Crippen LogP contribution in [0.4, 0.5) is 4.39 Å². The molecule has 0 radical (unpaired) electrons. The molecular formula is C16H13FO3. The van der Waals surface area contributed by atoms with Crippen molar-refractivity contribution >= 4 is 12.0 Å². The highest BCUT2D eigenvalue weighted by molar-refractivity contribution is 5.85. The van der Waals surface area contributed by atoms with Crippen molar-refractivity contribution < 1.29 is 19.0 Å². The Morgan fingerprint density at radius 3 is 2.60 bits per heavy atom. The third-order valence-corrected chi connectivity index (χ3v) is 2.61. The van der Waals surface area contributed by atoms with Crippen molar-refractivity contribution in [1.82, 2.24) is 0 Å². The monoisotopic (exact) mass is 272 g/mol. The molecule has 0 aliphatic heterocycles. The van der Waals surface area contributed by atoms with E-state index in [4.69, 9.17) is 9.84 Å². The summed E-state index contributed by atoms with van der Waals surface area (Å²) in [6.45, 7) is 0.280. The van der Waals surface area contributed by atoms with Gasteiger partial charge >= 0.3 is 5.97 Å². The number of carboxylic acids is 1. The van der Waals surface area contributed by atoms with Gasteiger partial charge in [-0.25, -0.2) is 9.18 Å². The van der Waals surface area contributed by atoms with Crippen molar-refractivity contribution in [2.24, 2.45) is 0 Å². The minimum Gasteiger partial charge on any atom is -0.486 e. The van der Waals surface area contributed by atoms with Gasteiger partial charge in [-0.2, -0.15) is 0 Å². The molecule has 0 aromatic heterocycles. The molecule has 0 fully saturated rings. The van der Waals surface area contributed by atoms with E-state index in [9.17, 15) is 9.18 Å². The first-order valence-electron chi connectivity index (χ1n) is 6.02. The predicted molar refractivity (Wildman–Crippen MR) is 73.8 cm³/mol. The maximum atomic E-state index is 13.8. The number of carbonyl (C=O) groups is 1. The molecule has 4 heteroatoms. The summed E-state index contributed by atoms with van der Waals surface area (Å²) in [5, 5.41) is 8.50. The number of rotatable bonds is 5. The Labute approximate surface area is 115 Å². The fourth-order valence-electron chi connectivity index (χ4n) is 1.64. The number of hydrogen-bond acceptors (Lipinski definition) is 2. The minimum atomic E-state index is -1.07. The molecular weight excluding hydrogens is 259 g/mol. The van der Waals surface area contributed by atoms with Crippen LogP contribution in [0.5, 0.6) is 5.75 Å². The second-order valence-corrected chi connectivity index (χ2v) is 4.14. The predicted octanol–water partition coefficient (Wildman–Crippen LogP) is 3.50. The number of benzene rings is 2. The van der Waals surface area contributed by atoms with Crippen molar-refractivity contribution in [3.05, 3.63) is 71.6 Å². The van der Waals surface area contributed by atoms with Gasteiger partial charge in [-0.05, 0) is 29.3 Å². The summed E-state index contributed by atoms with van der Waals surface area (Å²) in [4.78, 5) is 10.4. The third kappa shape index (κ3) is 3.95. The highest BCUT2D eigenvalue weighted by atomic mass is 19.1. The first-order chi connectivity index (χ1) is 9.65. The molecule has 1 N–H and O–H groups in total. The lowest BCUT2D eigenvalue weighted by Gasteiger charge is -2.07. The van der Waals surface area contributed by atoms with Gasteiger partial charge in [-0.1, -0.05) is 36.4 Å². The van der Waals surface area contributed by atoms with Crippen LogP contribution >= 0.6 is 0 Å². The Balaban J connectivity index is 2.04. The Kier molecular flexibility index (Phi) is 4.50. The lowest BCUT2D eigenvalue weighted by Crippen LogP contribution is -1.97. The van der Waals surface area contributed by atoms with E-state index in [-0.39, 0.29) is 12.4 Å². The zero-order chi connectivity index (χ0) is 14.4. The van der Waals surface area contributed by atoms with Crippen molar-refractivity contribution in [2.75, 3.05) is 0 Å². The van der Waals surface area contributed by atoms with Crippen LogP contribution < -0.4 is 4.74 Å². The average molecular weight is 272 g/mol. The Morgan fingerprint density at radius 1 is 1.20 bits per heavy atom. The molecule has 3 nitrogen and oxygen atoms in total. The Morgan fingerprint density at radius 2 is 1.95 bits per heavy atom. The molecule has 0 saturated carbocycles. The molecule has 0 atom stereocenters. The number of aliphatic carboxylic acids is 1. The number of hydrogen-bond donors (Lipinski definition) is 1. The van der Waals surface area contributed by atoms with Crippen LogP contribution in [0.2, 0.25) is 0 Å². The van der Waals surface area contributed by atoms with Crippen LogP contribution in [0, 0.1) is 5.82 Å². The quantitative estimate of drug-likeness (QED) is 0.847. The summed E-state index contributed by atoms with van der Waals surface area (Å²) < 4.78 is 19.2. The van der Waals surface area contributed by atoms with Gasteiger partial charge in [-0.3, -0.25) is 0 Å². The zero-order valence-corrected chi connectivity index (χ0v) is 10.6. The third-order valence-electron chi connectivity index (χ3n) is 2.61. The van der Waals surface area contributed by atoms with Crippen molar-refractivity contribution in [3.63, 3.8) is 0 Å².